The van der Waals surface area contributed by atoms with Gasteiger partial charge < -0.3 is 5.73 Å². The number of nitrogens with zero attached hydrogens (tertiary/aromatic N) is 2. The third-order valence-electron chi connectivity index (χ3n) is 2.13. The van der Waals surface area contributed by atoms with E-state index in [2.05, 4.69) is 9.59 Å². The fourth-order valence-electron chi connectivity index (χ4n) is 1.31. The zero-order valence-corrected chi connectivity index (χ0v) is 9.50. The zero-order valence-electron chi connectivity index (χ0n) is 7.93. The lowest BCUT2D eigenvalue weighted by molar-refractivity contribution is 0.692. The molecule has 0 aliphatic carbocycles. The Morgan fingerprint density at radius 1 is 1.33 bits per heavy atom. The minimum atomic E-state index is -0.0927. The van der Waals surface area contributed by atoms with E-state index in [1.807, 2.05) is 29.6 Å². The fraction of sp³-hybridized carbons (Fsp3) is 0.200. The lowest BCUT2D eigenvalue weighted by Crippen LogP contribution is -2.13. The molecule has 5 heteroatoms. The molecule has 1 heterocycles. The fourth-order valence-corrected chi connectivity index (χ4v) is 1.96. The first-order valence-electron chi connectivity index (χ1n) is 4.52. The van der Waals surface area contributed by atoms with E-state index in [1.165, 1.54) is 11.5 Å². The second-order valence-corrected chi connectivity index (χ2v) is 4.31. The summed E-state index contributed by atoms with van der Waals surface area (Å²) in [5.74, 6) is 0. The van der Waals surface area contributed by atoms with Gasteiger partial charge in [0.1, 0.15) is 0 Å². The van der Waals surface area contributed by atoms with Crippen LogP contribution in [-0.4, -0.2) is 9.59 Å². The molecule has 3 nitrogen and oxygen atoms in total. The second kappa shape index (κ2) is 4.70. The van der Waals surface area contributed by atoms with E-state index in [4.69, 9.17) is 17.3 Å². The summed E-state index contributed by atoms with van der Waals surface area (Å²) in [5.41, 5.74) is 7.98. The SMILES string of the molecule is NC(Cc1ccc(Cl)cc1)c1csnn1. The predicted octanol–water partition coefficient (Wildman–Crippen LogP) is 2.43. The molecule has 1 aromatic carbocycles. The van der Waals surface area contributed by atoms with Crippen molar-refractivity contribution in [3.05, 3.63) is 45.9 Å². The molecule has 0 radical (unpaired) electrons. The summed E-state index contributed by atoms with van der Waals surface area (Å²) in [7, 11) is 0. The first kappa shape index (κ1) is 10.5. The van der Waals surface area contributed by atoms with E-state index in [1.54, 1.807) is 0 Å². The Kier molecular flexibility index (Phi) is 3.30. The molecule has 2 rings (SSSR count). The van der Waals surface area contributed by atoms with Crippen molar-refractivity contribution in [2.24, 2.45) is 5.73 Å². The molecule has 0 saturated carbocycles. The third-order valence-corrected chi connectivity index (χ3v) is 2.90. The van der Waals surface area contributed by atoms with Gasteiger partial charge in [0.2, 0.25) is 0 Å². The Morgan fingerprint density at radius 3 is 2.67 bits per heavy atom. The first-order chi connectivity index (χ1) is 7.25. The molecule has 78 valence electrons. The van der Waals surface area contributed by atoms with Gasteiger partial charge in [0.15, 0.2) is 0 Å². The van der Waals surface area contributed by atoms with Crippen LogP contribution >= 0.6 is 23.1 Å². The molecule has 0 saturated heterocycles. The number of hydrogen-bond donors (Lipinski definition) is 1. The maximum Gasteiger partial charge on any atom is 0.0925 e. The number of nitrogens with two attached hydrogens (primary N) is 1. The Labute approximate surface area is 97.1 Å². The van der Waals surface area contributed by atoms with Crippen LogP contribution in [0.15, 0.2) is 29.6 Å². The average Bonchev–Trinajstić information content (AvgIpc) is 2.74. The van der Waals surface area contributed by atoms with Crippen molar-refractivity contribution in [1.29, 1.82) is 0 Å². The van der Waals surface area contributed by atoms with Crippen molar-refractivity contribution in [2.45, 2.75) is 12.5 Å². The average molecular weight is 240 g/mol. The molecule has 0 aliphatic rings. The monoisotopic (exact) mass is 239 g/mol. The largest absolute Gasteiger partial charge is 0.322 e. The van der Waals surface area contributed by atoms with Gasteiger partial charge in [0, 0.05) is 10.4 Å². The predicted molar refractivity (Wildman–Crippen MR) is 62.0 cm³/mol. The second-order valence-electron chi connectivity index (χ2n) is 3.27. The minimum absolute atomic E-state index is 0.0927. The molecular formula is C10H10ClN3S. The molecule has 2 aromatic rings. The van der Waals surface area contributed by atoms with E-state index in [9.17, 15) is 0 Å². The highest BCUT2D eigenvalue weighted by atomic mass is 35.5. The summed E-state index contributed by atoms with van der Waals surface area (Å²) in [5, 5.41) is 6.56. The molecule has 0 bridgehead atoms. The summed E-state index contributed by atoms with van der Waals surface area (Å²) < 4.78 is 3.79. The highest BCUT2D eigenvalue weighted by Gasteiger charge is 2.09. The normalized spacial score (nSPS) is 12.7. The van der Waals surface area contributed by atoms with Crippen LogP contribution < -0.4 is 5.73 Å². The van der Waals surface area contributed by atoms with E-state index in [0.29, 0.717) is 0 Å². The Morgan fingerprint density at radius 2 is 2.07 bits per heavy atom. The smallest absolute Gasteiger partial charge is 0.0925 e. The molecule has 1 aromatic heterocycles. The molecule has 0 fully saturated rings. The summed E-state index contributed by atoms with van der Waals surface area (Å²) in [6.45, 7) is 0. The molecule has 1 unspecified atom stereocenters. The number of benzene rings is 1. The zero-order chi connectivity index (χ0) is 10.7. The van der Waals surface area contributed by atoms with Crippen LogP contribution in [0.2, 0.25) is 5.02 Å². The summed E-state index contributed by atoms with van der Waals surface area (Å²) in [6, 6.07) is 7.58. The number of rotatable bonds is 3. The Hall–Kier alpha value is -0.970. The molecule has 2 N–H and O–H groups in total. The quantitative estimate of drug-likeness (QED) is 0.895. The van der Waals surface area contributed by atoms with Crippen LogP contribution in [0.5, 0.6) is 0 Å². The standard InChI is InChI=1S/C10H10ClN3S/c11-8-3-1-7(2-4-8)5-9(12)10-6-15-14-13-10/h1-4,6,9H,5,12H2. The minimum Gasteiger partial charge on any atom is -0.322 e. The van der Waals surface area contributed by atoms with E-state index in [0.717, 1.165) is 22.7 Å². The van der Waals surface area contributed by atoms with E-state index in [-0.39, 0.29) is 6.04 Å². The first-order valence-corrected chi connectivity index (χ1v) is 5.74. The van der Waals surface area contributed by atoms with Gasteiger partial charge in [-0.2, -0.15) is 0 Å². The van der Waals surface area contributed by atoms with Gasteiger partial charge in [-0.05, 0) is 35.6 Å². The van der Waals surface area contributed by atoms with Gasteiger partial charge in [-0.1, -0.05) is 28.2 Å². The van der Waals surface area contributed by atoms with Crippen LogP contribution in [0, 0.1) is 0 Å². The van der Waals surface area contributed by atoms with Crippen LogP contribution in [-0.2, 0) is 6.42 Å². The van der Waals surface area contributed by atoms with Crippen molar-refractivity contribution >= 4 is 23.1 Å². The number of halogens is 1. The summed E-state index contributed by atoms with van der Waals surface area (Å²) >= 11 is 7.11. The van der Waals surface area contributed by atoms with Gasteiger partial charge in [-0.25, -0.2) is 0 Å². The van der Waals surface area contributed by atoms with Crippen molar-refractivity contribution in [3.63, 3.8) is 0 Å². The van der Waals surface area contributed by atoms with Crippen LogP contribution in [0.25, 0.3) is 0 Å². The van der Waals surface area contributed by atoms with Crippen molar-refractivity contribution in [2.75, 3.05) is 0 Å². The lowest BCUT2D eigenvalue weighted by atomic mass is 10.1. The lowest BCUT2D eigenvalue weighted by Gasteiger charge is -2.07. The van der Waals surface area contributed by atoms with E-state index < -0.39 is 0 Å². The molecule has 0 spiro atoms. The van der Waals surface area contributed by atoms with Crippen molar-refractivity contribution in [1.82, 2.24) is 9.59 Å². The van der Waals surface area contributed by atoms with Crippen molar-refractivity contribution in [3.8, 4) is 0 Å². The van der Waals surface area contributed by atoms with Crippen LogP contribution in [0.3, 0.4) is 0 Å². The van der Waals surface area contributed by atoms with Gasteiger partial charge in [-0.15, -0.1) is 5.10 Å². The third kappa shape index (κ3) is 2.75. The Balaban J connectivity index is 2.06. The molecule has 0 aliphatic heterocycles. The van der Waals surface area contributed by atoms with Gasteiger partial charge in [-0.3, -0.25) is 0 Å². The highest BCUT2D eigenvalue weighted by molar-refractivity contribution is 7.03. The highest BCUT2D eigenvalue weighted by Crippen LogP contribution is 2.16. The molecular weight excluding hydrogens is 230 g/mol. The molecule has 0 amide bonds. The van der Waals surface area contributed by atoms with Gasteiger partial charge in [0.05, 0.1) is 11.7 Å². The Bertz CT molecular complexity index is 413. The van der Waals surface area contributed by atoms with Crippen molar-refractivity contribution < 1.29 is 0 Å². The number of aromatic nitrogens is 2. The van der Waals surface area contributed by atoms with Crippen LogP contribution in [0.4, 0.5) is 0 Å². The topological polar surface area (TPSA) is 51.8 Å². The molecule has 1 atom stereocenters. The van der Waals surface area contributed by atoms with Crippen LogP contribution in [0.1, 0.15) is 17.3 Å². The molecule has 15 heavy (non-hydrogen) atoms. The summed E-state index contributed by atoms with van der Waals surface area (Å²) in [4.78, 5) is 0. The number of hydrogen-bond acceptors (Lipinski definition) is 4. The van der Waals surface area contributed by atoms with Gasteiger partial charge in [0.25, 0.3) is 0 Å². The van der Waals surface area contributed by atoms with Gasteiger partial charge >= 0.3 is 0 Å². The maximum atomic E-state index is 5.98. The summed E-state index contributed by atoms with van der Waals surface area (Å²) in [6.07, 6.45) is 0.753. The maximum absolute atomic E-state index is 5.98. The van der Waals surface area contributed by atoms with E-state index >= 15 is 0 Å².